The average molecular weight is 547 g/mol. The Kier molecular flexibility index (Phi) is 10.8. The Morgan fingerprint density at radius 3 is 2.38 bits per heavy atom. The number of carbonyl (C=O) groups is 1. The minimum Gasteiger partial charge on any atom is -0.491 e. The van der Waals surface area contributed by atoms with E-state index in [0.717, 1.165) is 31.5 Å². The molecule has 0 spiro atoms. The molecule has 1 atom stereocenters. The van der Waals surface area contributed by atoms with E-state index in [-0.39, 0.29) is 17.6 Å². The van der Waals surface area contributed by atoms with Gasteiger partial charge in [-0.05, 0) is 43.7 Å². The number of benzene rings is 2. The highest BCUT2D eigenvalue weighted by Gasteiger charge is 2.35. The second kappa shape index (κ2) is 14.7. The number of piperidine rings is 1. The third-order valence-electron chi connectivity index (χ3n) is 6.60. The van der Waals surface area contributed by atoms with Crippen molar-refractivity contribution in [3.05, 3.63) is 63.5 Å². The normalized spacial score (nSPS) is 16.8. The molecule has 39 heavy (non-hydrogen) atoms. The van der Waals surface area contributed by atoms with E-state index in [1.165, 1.54) is 24.3 Å². The topological polar surface area (TPSA) is 124 Å². The van der Waals surface area contributed by atoms with Crippen LogP contribution in [-0.4, -0.2) is 87.7 Å². The predicted octanol–water partition coefficient (Wildman–Crippen LogP) is 2.98. The van der Waals surface area contributed by atoms with Crippen LogP contribution in [0, 0.1) is 15.9 Å². The zero-order valence-electron chi connectivity index (χ0n) is 21.9. The van der Waals surface area contributed by atoms with Gasteiger partial charge in [-0.3, -0.25) is 14.9 Å². The van der Waals surface area contributed by atoms with Crippen LogP contribution in [0.2, 0.25) is 0 Å². The monoisotopic (exact) mass is 546 g/mol. The second-order valence-corrected chi connectivity index (χ2v) is 9.28. The van der Waals surface area contributed by atoms with Crippen LogP contribution in [0.3, 0.4) is 0 Å². The van der Waals surface area contributed by atoms with Gasteiger partial charge in [0.2, 0.25) is 0 Å². The number of fused-ring (bicyclic) bond motifs is 1. The summed E-state index contributed by atoms with van der Waals surface area (Å²) in [6, 6.07) is 8.79. The van der Waals surface area contributed by atoms with Gasteiger partial charge in [0, 0.05) is 54.6 Å². The number of nitrogens with zero attached hydrogens (tertiary/aromatic N) is 2. The third kappa shape index (κ3) is 8.33. The van der Waals surface area contributed by atoms with Crippen LogP contribution in [0.5, 0.6) is 5.75 Å². The smallest absolute Gasteiger partial charge is 0.269 e. The lowest BCUT2D eigenvalue weighted by Gasteiger charge is -2.31. The number of hydrogen-bond donors (Lipinski definition) is 2. The molecule has 0 aromatic heterocycles. The number of nitro groups is 1. The first-order valence-corrected chi connectivity index (χ1v) is 13.2. The van der Waals surface area contributed by atoms with Crippen molar-refractivity contribution >= 4 is 17.3 Å². The molecule has 0 bridgehead atoms. The molecule has 0 radical (unpaired) electrons. The van der Waals surface area contributed by atoms with Gasteiger partial charge in [-0.25, -0.2) is 4.39 Å². The summed E-state index contributed by atoms with van der Waals surface area (Å²) in [4.78, 5) is 24.9. The van der Waals surface area contributed by atoms with Gasteiger partial charge in [-0.2, -0.15) is 0 Å². The largest absolute Gasteiger partial charge is 0.491 e. The Hall–Kier alpha value is -3.32. The van der Waals surface area contributed by atoms with Crippen LogP contribution in [-0.2, 0) is 20.8 Å². The van der Waals surface area contributed by atoms with Crippen LogP contribution in [0.25, 0.3) is 0 Å². The Morgan fingerprint density at radius 1 is 1.03 bits per heavy atom. The van der Waals surface area contributed by atoms with E-state index in [4.69, 9.17) is 18.9 Å². The summed E-state index contributed by atoms with van der Waals surface area (Å²) in [5, 5.41) is 17.2. The van der Waals surface area contributed by atoms with Crippen LogP contribution in [0.15, 0.2) is 36.4 Å². The van der Waals surface area contributed by atoms with Gasteiger partial charge in [-0.1, -0.05) is 0 Å². The highest BCUT2D eigenvalue weighted by atomic mass is 19.1. The van der Waals surface area contributed by atoms with Crippen LogP contribution in [0.4, 0.5) is 15.8 Å². The summed E-state index contributed by atoms with van der Waals surface area (Å²) < 4.78 is 36.2. The van der Waals surface area contributed by atoms with Crippen molar-refractivity contribution in [1.29, 1.82) is 0 Å². The van der Waals surface area contributed by atoms with Crippen molar-refractivity contribution in [1.82, 2.24) is 10.2 Å². The number of non-ortho nitro benzene ring substituents is 1. The maximum atomic E-state index is 14.2. The highest BCUT2D eigenvalue weighted by Crippen LogP contribution is 2.33. The van der Waals surface area contributed by atoms with Crippen molar-refractivity contribution in [3.8, 4) is 5.75 Å². The number of amides is 1. The Balaban J connectivity index is 1.03. The van der Waals surface area contributed by atoms with E-state index in [1.807, 2.05) is 4.90 Å². The standard InChI is InChI=1S/C27H35FN4O7/c28-20-16-24-25(19-31(27(24)33)22-2-1-7-29-18-22)26(17-20)30-8-9-36-10-11-37-12-13-38-14-15-39-23-5-3-21(4-6-23)32(34)35/h3-6,16-17,22,29-30H,1-2,7-15,18-19H2. The molecule has 2 aliphatic heterocycles. The number of anilines is 1. The van der Waals surface area contributed by atoms with Crippen LogP contribution >= 0.6 is 0 Å². The predicted molar refractivity (Wildman–Crippen MR) is 142 cm³/mol. The Labute approximate surface area is 226 Å². The van der Waals surface area contributed by atoms with E-state index in [0.29, 0.717) is 76.3 Å². The van der Waals surface area contributed by atoms with E-state index in [1.54, 1.807) is 12.1 Å². The lowest BCUT2D eigenvalue weighted by molar-refractivity contribution is -0.384. The van der Waals surface area contributed by atoms with Crippen molar-refractivity contribution in [3.63, 3.8) is 0 Å². The maximum absolute atomic E-state index is 14.2. The minimum absolute atomic E-state index is 0.0164. The van der Waals surface area contributed by atoms with E-state index in [2.05, 4.69) is 10.6 Å². The molecule has 1 unspecified atom stereocenters. The van der Waals surface area contributed by atoms with Gasteiger partial charge in [0.05, 0.1) is 44.6 Å². The van der Waals surface area contributed by atoms with Crippen molar-refractivity contribution in [2.24, 2.45) is 0 Å². The third-order valence-corrected chi connectivity index (χ3v) is 6.60. The molecule has 2 aliphatic rings. The van der Waals surface area contributed by atoms with Crippen molar-refractivity contribution in [2.45, 2.75) is 25.4 Å². The molecule has 2 aromatic carbocycles. The molecule has 2 heterocycles. The summed E-state index contributed by atoms with van der Waals surface area (Å²) >= 11 is 0. The summed E-state index contributed by atoms with van der Waals surface area (Å²) in [6.45, 7) is 5.45. The first-order valence-electron chi connectivity index (χ1n) is 13.2. The molecule has 212 valence electrons. The van der Waals surface area contributed by atoms with Gasteiger partial charge in [0.15, 0.2) is 0 Å². The first-order chi connectivity index (χ1) is 19.0. The van der Waals surface area contributed by atoms with E-state index in [9.17, 15) is 19.3 Å². The molecule has 4 rings (SSSR count). The molecule has 1 amide bonds. The SMILES string of the molecule is O=C1c2cc(F)cc(NCCOCCOCCOCCOc3ccc([N+](=O)[O-])cc3)c2CN1C1CCCNC1. The lowest BCUT2D eigenvalue weighted by atomic mass is 10.1. The molecule has 2 aromatic rings. The average Bonchev–Trinajstić information content (AvgIpc) is 3.28. The van der Waals surface area contributed by atoms with Crippen molar-refractivity contribution in [2.75, 3.05) is 71.2 Å². The summed E-state index contributed by atoms with van der Waals surface area (Å²) in [5.74, 6) is 0.0136. The fraction of sp³-hybridized carbons (Fsp3) is 0.519. The number of hydrogen-bond acceptors (Lipinski definition) is 9. The number of nitrogens with one attached hydrogen (secondary N) is 2. The molecule has 11 nitrogen and oxygen atoms in total. The second-order valence-electron chi connectivity index (χ2n) is 9.28. The number of ether oxygens (including phenoxy) is 4. The fourth-order valence-corrected chi connectivity index (χ4v) is 4.63. The molecule has 1 saturated heterocycles. The highest BCUT2D eigenvalue weighted by molar-refractivity contribution is 6.00. The molecule has 1 fully saturated rings. The minimum atomic E-state index is -0.459. The quantitative estimate of drug-likeness (QED) is 0.186. The molecule has 0 aliphatic carbocycles. The number of carbonyl (C=O) groups excluding carboxylic acids is 1. The number of rotatable bonds is 16. The molecule has 12 heteroatoms. The zero-order chi connectivity index (χ0) is 27.5. The summed E-state index contributed by atoms with van der Waals surface area (Å²) in [5.41, 5.74) is 1.94. The zero-order valence-corrected chi connectivity index (χ0v) is 21.9. The Bertz CT molecular complexity index is 1100. The lowest BCUT2D eigenvalue weighted by Crippen LogP contribution is -2.46. The van der Waals surface area contributed by atoms with Gasteiger partial charge in [0.1, 0.15) is 18.2 Å². The van der Waals surface area contributed by atoms with Gasteiger partial charge >= 0.3 is 0 Å². The van der Waals surface area contributed by atoms with Crippen molar-refractivity contribution < 1.29 is 33.1 Å². The van der Waals surface area contributed by atoms with Crippen LogP contribution in [0.1, 0.15) is 28.8 Å². The van der Waals surface area contributed by atoms with Crippen LogP contribution < -0.4 is 15.4 Å². The maximum Gasteiger partial charge on any atom is 0.269 e. The van der Waals surface area contributed by atoms with E-state index >= 15 is 0 Å². The molecule has 2 N–H and O–H groups in total. The number of halogens is 1. The first kappa shape index (κ1) is 28.7. The van der Waals surface area contributed by atoms with Gasteiger partial charge in [0.25, 0.3) is 11.6 Å². The summed E-state index contributed by atoms with van der Waals surface area (Å²) in [6.07, 6.45) is 1.98. The molecular formula is C27H35FN4O7. The number of nitro benzene ring substituents is 1. The summed E-state index contributed by atoms with van der Waals surface area (Å²) in [7, 11) is 0. The molecular weight excluding hydrogens is 511 g/mol. The van der Waals surface area contributed by atoms with Gasteiger partial charge in [-0.15, -0.1) is 0 Å². The fourth-order valence-electron chi connectivity index (χ4n) is 4.63. The van der Waals surface area contributed by atoms with E-state index < -0.39 is 10.7 Å². The Morgan fingerprint density at radius 2 is 1.72 bits per heavy atom. The molecule has 0 saturated carbocycles. The van der Waals surface area contributed by atoms with Gasteiger partial charge < -0.3 is 34.5 Å².